The molecule has 4 aromatic rings. The molecule has 2 heterocycles. The fourth-order valence-electron chi connectivity index (χ4n) is 3.49. The summed E-state index contributed by atoms with van der Waals surface area (Å²) in [5, 5.41) is 0. The van der Waals surface area contributed by atoms with Crippen LogP contribution in [0.15, 0.2) is 86.0 Å². The Hall–Kier alpha value is -2.56. The van der Waals surface area contributed by atoms with Gasteiger partial charge in [0.1, 0.15) is 18.9 Å². The van der Waals surface area contributed by atoms with E-state index < -0.39 is 0 Å². The van der Waals surface area contributed by atoms with Crippen LogP contribution in [0.25, 0.3) is 0 Å². The standard InChI is InChI=1S/C15H21N2.C11H15Cl.C4H6N2.ClH/c1-4-13(2)15-7-5-14(6-8-15)11-17-10-9-16(3)12-17;1-3-9(2)11-6-4-10(8-12)5-7-11;1-6-3-2-5-4-6;/h5-10,12-13H,4,11H2,1-3H3;4-7,9H,3,8H2,1-2H3;2-4H,1H3;1H/q+1;;;/p-1. The average molecular weight is 530 g/mol. The van der Waals surface area contributed by atoms with Crippen molar-refractivity contribution in [2.45, 2.75) is 64.8 Å². The molecule has 0 aliphatic carbocycles. The van der Waals surface area contributed by atoms with E-state index in [-0.39, 0.29) is 12.4 Å². The van der Waals surface area contributed by atoms with Gasteiger partial charge in [0, 0.05) is 25.3 Å². The summed E-state index contributed by atoms with van der Waals surface area (Å²) >= 11 is 5.69. The number of aromatic nitrogens is 4. The van der Waals surface area contributed by atoms with Gasteiger partial charge in [0.25, 0.3) is 0 Å². The largest absolute Gasteiger partial charge is 1.00 e. The van der Waals surface area contributed by atoms with Gasteiger partial charge in [0.05, 0.1) is 13.4 Å². The molecule has 0 saturated carbocycles. The Morgan fingerprint density at radius 2 is 1.39 bits per heavy atom. The van der Waals surface area contributed by atoms with Gasteiger partial charge in [-0.15, -0.1) is 11.6 Å². The van der Waals surface area contributed by atoms with Gasteiger partial charge in [-0.2, -0.15) is 0 Å². The highest BCUT2D eigenvalue weighted by molar-refractivity contribution is 6.17. The second-order valence-electron chi connectivity index (χ2n) is 9.21. The first-order valence-electron chi connectivity index (χ1n) is 12.5. The summed E-state index contributed by atoms with van der Waals surface area (Å²) in [6.45, 7) is 9.91. The highest BCUT2D eigenvalue weighted by Gasteiger charge is 2.05. The molecule has 0 aliphatic heterocycles. The van der Waals surface area contributed by atoms with E-state index in [0.29, 0.717) is 17.7 Å². The van der Waals surface area contributed by atoms with Crippen molar-refractivity contribution >= 4 is 11.6 Å². The third kappa shape index (κ3) is 11.0. The molecule has 0 aliphatic rings. The molecule has 2 aromatic carbocycles. The minimum absolute atomic E-state index is 0. The maximum atomic E-state index is 5.69. The van der Waals surface area contributed by atoms with Crippen molar-refractivity contribution in [3.05, 3.63) is 108 Å². The van der Waals surface area contributed by atoms with Gasteiger partial charge < -0.3 is 17.0 Å². The zero-order chi connectivity index (χ0) is 25.6. The summed E-state index contributed by atoms with van der Waals surface area (Å²) in [4.78, 5) is 3.78. The van der Waals surface area contributed by atoms with E-state index in [1.807, 2.05) is 24.9 Å². The van der Waals surface area contributed by atoms with Crippen molar-refractivity contribution in [3.63, 3.8) is 0 Å². The molecule has 0 radical (unpaired) electrons. The van der Waals surface area contributed by atoms with E-state index in [1.54, 1.807) is 12.5 Å². The Morgan fingerprint density at radius 3 is 1.72 bits per heavy atom. The average Bonchev–Trinajstić information content (AvgIpc) is 3.54. The lowest BCUT2D eigenvalue weighted by Crippen LogP contribution is -3.00. The molecule has 0 bridgehead atoms. The maximum absolute atomic E-state index is 5.69. The number of imidazole rings is 2. The fraction of sp³-hybridized carbons (Fsp3) is 0.400. The highest BCUT2D eigenvalue weighted by atomic mass is 35.5. The third-order valence-electron chi connectivity index (χ3n) is 6.30. The fourth-order valence-corrected chi connectivity index (χ4v) is 3.67. The van der Waals surface area contributed by atoms with Crippen LogP contribution in [0.5, 0.6) is 0 Å². The molecule has 0 amide bonds. The van der Waals surface area contributed by atoms with E-state index in [9.17, 15) is 0 Å². The van der Waals surface area contributed by atoms with Crippen molar-refractivity contribution in [2.24, 2.45) is 14.1 Å². The van der Waals surface area contributed by atoms with Crippen LogP contribution >= 0.6 is 11.6 Å². The summed E-state index contributed by atoms with van der Waals surface area (Å²) in [6.07, 6.45) is 14.0. The molecule has 2 unspecified atom stereocenters. The Bertz CT molecular complexity index is 1070. The third-order valence-corrected chi connectivity index (χ3v) is 6.61. The van der Waals surface area contributed by atoms with Crippen LogP contribution in [0.4, 0.5) is 0 Å². The lowest BCUT2D eigenvalue weighted by Gasteiger charge is -2.09. The predicted molar refractivity (Wildman–Crippen MR) is 148 cm³/mol. The molecule has 2 aromatic heterocycles. The summed E-state index contributed by atoms with van der Waals surface area (Å²) in [6, 6.07) is 17.5. The monoisotopic (exact) mass is 528 g/mol. The van der Waals surface area contributed by atoms with E-state index in [1.165, 1.54) is 35.1 Å². The Balaban J connectivity index is 0.000000297. The first-order valence-corrected chi connectivity index (χ1v) is 13.1. The molecule has 4 nitrogen and oxygen atoms in total. The topological polar surface area (TPSA) is 26.6 Å². The van der Waals surface area contributed by atoms with Gasteiger partial charge in [0.15, 0.2) is 0 Å². The van der Waals surface area contributed by atoms with Gasteiger partial charge in [-0.25, -0.2) is 14.1 Å². The maximum Gasteiger partial charge on any atom is 0.243 e. The number of rotatable bonds is 7. The van der Waals surface area contributed by atoms with Crippen LogP contribution in [0, 0.1) is 0 Å². The van der Waals surface area contributed by atoms with Crippen LogP contribution in [0.2, 0.25) is 0 Å². The summed E-state index contributed by atoms with van der Waals surface area (Å²) < 4.78 is 6.14. The molecular formula is C30H42Cl2N4. The molecular weight excluding hydrogens is 487 g/mol. The zero-order valence-electron chi connectivity index (χ0n) is 22.6. The second-order valence-corrected chi connectivity index (χ2v) is 9.48. The van der Waals surface area contributed by atoms with E-state index in [0.717, 1.165) is 6.54 Å². The number of halogens is 2. The molecule has 196 valence electrons. The summed E-state index contributed by atoms with van der Waals surface area (Å²) in [7, 11) is 3.98. The SMILES string of the molecule is CCC(C)c1ccc(CCl)cc1.CCC(C)c1ccc(Cn2cc[n+](C)c2)cc1.Cn1ccnc1.[Cl-]. The van der Waals surface area contributed by atoms with Crippen molar-refractivity contribution < 1.29 is 17.0 Å². The predicted octanol–water partition coefficient (Wildman–Crippen LogP) is 4.24. The van der Waals surface area contributed by atoms with Crippen molar-refractivity contribution in [1.29, 1.82) is 0 Å². The molecule has 0 saturated heterocycles. The summed E-state index contributed by atoms with van der Waals surface area (Å²) in [5.74, 6) is 1.93. The molecule has 4 rings (SSSR count). The normalized spacial score (nSPS) is 11.8. The smallest absolute Gasteiger partial charge is 0.243 e. The van der Waals surface area contributed by atoms with Gasteiger partial charge in [-0.1, -0.05) is 76.2 Å². The Kier molecular flexibility index (Phi) is 14.9. The number of hydrogen-bond acceptors (Lipinski definition) is 1. The molecule has 0 spiro atoms. The number of nitrogens with zero attached hydrogens (tertiary/aromatic N) is 4. The number of alkyl halides is 1. The van der Waals surface area contributed by atoms with Crippen molar-refractivity contribution in [3.8, 4) is 0 Å². The minimum atomic E-state index is 0. The summed E-state index contributed by atoms with van der Waals surface area (Å²) in [5.41, 5.74) is 5.40. The van der Waals surface area contributed by atoms with Crippen LogP contribution < -0.4 is 17.0 Å². The van der Waals surface area contributed by atoms with Crippen LogP contribution in [-0.2, 0) is 26.5 Å². The van der Waals surface area contributed by atoms with E-state index in [2.05, 4.69) is 109 Å². The van der Waals surface area contributed by atoms with Crippen molar-refractivity contribution in [1.82, 2.24) is 14.1 Å². The number of benzene rings is 2. The zero-order valence-corrected chi connectivity index (χ0v) is 24.1. The van der Waals surface area contributed by atoms with Crippen LogP contribution in [0.1, 0.15) is 74.6 Å². The van der Waals surface area contributed by atoms with Crippen LogP contribution in [-0.4, -0.2) is 14.1 Å². The lowest BCUT2D eigenvalue weighted by atomic mass is 9.98. The first kappa shape index (κ1) is 31.5. The molecule has 2 atom stereocenters. The number of aryl methyl sites for hydroxylation is 2. The van der Waals surface area contributed by atoms with Gasteiger partial charge >= 0.3 is 0 Å². The van der Waals surface area contributed by atoms with Gasteiger partial charge in [0.2, 0.25) is 6.33 Å². The first-order chi connectivity index (χ1) is 16.9. The molecule has 0 N–H and O–H groups in total. The molecule has 36 heavy (non-hydrogen) atoms. The lowest BCUT2D eigenvalue weighted by molar-refractivity contribution is -0.671. The minimum Gasteiger partial charge on any atom is -1.00 e. The quantitative estimate of drug-likeness (QED) is 0.260. The highest BCUT2D eigenvalue weighted by Crippen LogP contribution is 2.20. The van der Waals surface area contributed by atoms with Gasteiger partial charge in [-0.3, -0.25) is 0 Å². The second kappa shape index (κ2) is 17.0. The van der Waals surface area contributed by atoms with Crippen molar-refractivity contribution in [2.75, 3.05) is 0 Å². The van der Waals surface area contributed by atoms with Crippen LogP contribution in [0.3, 0.4) is 0 Å². The molecule has 0 fully saturated rings. The Labute approximate surface area is 229 Å². The van der Waals surface area contributed by atoms with Gasteiger partial charge in [-0.05, 0) is 46.9 Å². The number of hydrogen-bond donors (Lipinski definition) is 0. The Morgan fingerprint density at radius 1 is 0.861 bits per heavy atom. The molecule has 6 heteroatoms. The van der Waals surface area contributed by atoms with E-state index >= 15 is 0 Å². The van der Waals surface area contributed by atoms with E-state index in [4.69, 9.17) is 11.6 Å².